The first-order valence-electron chi connectivity index (χ1n) is 12.6. The molecule has 2 amide bonds. The van der Waals surface area contributed by atoms with Crippen LogP contribution in [0.1, 0.15) is 84.5 Å². The van der Waals surface area contributed by atoms with Crippen molar-refractivity contribution in [3.63, 3.8) is 0 Å². The molecule has 3 aromatic heterocycles. The molecule has 2 N–H and O–H groups in total. The number of aromatic nitrogens is 3. The first-order valence-corrected chi connectivity index (χ1v) is 15.3. The topological polar surface area (TPSA) is 136 Å². The summed E-state index contributed by atoms with van der Waals surface area (Å²) < 4.78 is 31.8. The van der Waals surface area contributed by atoms with Crippen molar-refractivity contribution in [1.29, 1.82) is 0 Å². The zero-order valence-corrected chi connectivity index (χ0v) is 24.9. The van der Waals surface area contributed by atoms with E-state index in [0.717, 1.165) is 28.4 Å². The van der Waals surface area contributed by atoms with Gasteiger partial charge in [0.25, 0.3) is 11.8 Å². The van der Waals surface area contributed by atoms with E-state index in [4.69, 9.17) is 9.52 Å². The number of hydrazine groups is 1. The number of benzene rings is 1. The number of amides is 2. The first kappa shape index (κ1) is 29.2. The van der Waals surface area contributed by atoms with Gasteiger partial charge in [-0.15, -0.1) is 11.3 Å². The summed E-state index contributed by atoms with van der Waals surface area (Å²) in [5, 5.41) is 6.55. The van der Waals surface area contributed by atoms with E-state index in [1.165, 1.54) is 11.6 Å². The maximum atomic E-state index is 12.7. The van der Waals surface area contributed by atoms with Crippen LogP contribution in [0.4, 0.5) is 0 Å². The molecule has 0 aliphatic heterocycles. The highest BCUT2D eigenvalue weighted by atomic mass is 32.2. The fourth-order valence-electron chi connectivity index (χ4n) is 3.81. The summed E-state index contributed by atoms with van der Waals surface area (Å²) >= 11 is 1.05. The van der Waals surface area contributed by atoms with E-state index in [1.54, 1.807) is 36.4 Å². The zero-order valence-electron chi connectivity index (χ0n) is 23.3. The van der Waals surface area contributed by atoms with Gasteiger partial charge in [0.2, 0.25) is 0 Å². The van der Waals surface area contributed by atoms with Crippen molar-refractivity contribution in [1.82, 2.24) is 25.6 Å². The smallest absolute Gasteiger partial charge is 0.289 e. The highest BCUT2D eigenvalue weighted by molar-refractivity contribution is 7.89. The molecule has 4 aromatic rings. The molecule has 12 heteroatoms. The lowest BCUT2D eigenvalue weighted by molar-refractivity contribution is 0.0844. The molecule has 0 unspecified atom stereocenters. The van der Waals surface area contributed by atoms with Crippen LogP contribution in [0.25, 0.3) is 5.69 Å². The molecule has 0 atom stereocenters. The van der Waals surface area contributed by atoms with Crippen LogP contribution >= 0.6 is 11.3 Å². The molecule has 212 valence electrons. The third-order valence-electron chi connectivity index (χ3n) is 5.98. The number of rotatable bonds is 7. The molecule has 1 aromatic carbocycles. The number of nitrogens with zero attached hydrogens (tertiary/aromatic N) is 3. The van der Waals surface area contributed by atoms with Crippen LogP contribution in [0.5, 0.6) is 0 Å². The van der Waals surface area contributed by atoms with Gasteiger partial charge >= 0.3 is 0 Å². The average Bonchev–Trinajstić information content (AvgIpc) is 3.62. The van der Waals surface area contributed by atoms with Gasteiger partial charge in [-0.2, -0.15) is 5.10 Å². The lowest BCUT2D eigenvalue weighted by Gasteiger charge is -2.20. The van der Waals surface area contributed by atoms with Gasteiger partial charge in [0.15, 0.2) is 9.84 Å². The minimum Gasteiger partial charge on any atom is -0.468 e. The highest BCUT2D eigenvalue weighted by Gasteiger charge is 2.26. The third kappa shape index (κ3) is 7.05. The highest BCUT2D eigenvalue weighted by Crippen LogP contribution is 2.30. The lowest BCUT2D eigenvalue weighted by Crippen LogP contribution is -2.41. The molecule has 0 saturated carbocycles. The van der Waals surface area contributed by atoms with Crippen LogP contribution in [0, 0.1) is 0 Å². The van der Waals surface area contributed by atoms with Crippen molar-refractivity contribution in [2.24, 2.45) is 0 Å². The minimum absolute atomic E-state index is 0.00638. The maximum Gasteiger partial charge on any atom is 0.289 e. The number of nitrogens with one attached hydrogen (secondary N) is 2. The van der Waals surface area contributed by atoms with Gasteiger partial charge in [-0.1, -0.05) is 41.5 Å². The third-order valence-corrected chi connectivity index (χ3v) is 8.45. The Hall–Kier alpha value is -3.77. The molecular weight excluding hydrogens is 550 g/mol. The second-order valence-electron chi connectivity index (χ2n) is 11.5. The average molecular weight is 584 g/mol. The predicted octanol–water partition coefficient (Wildman–Crippen LogP) is 4.71. The number of thiazole rings is 1. The van der Waals surface area contributed by atoms with Gasteiger partial charge in [0.05, 0.1) is 17.6 Å². The van der Waals surface area contributed by atoms with Gasteiger partial charge in [-0.05, 0) is 42.5 Å². The molecule has 0 aliphatic carbocycles. The molecule has 0 radical (unpaired) electrons. The number of carbonyl (C=O) groups excluding carboxylic acids is 2. The van der Waals surface area contributed by atoms with Crippen molar-refractivity contribution in [2.45, 2.75) is 63.9 Å². The van der Waals surface area contributed by atoms with Gasteiger partial charge in [0.1, 0.15) is 28.0 Å². The molecule has 3 heterocycles. The fraction of sp³-hybridized carbons (Fsp3) is 0.357. The van der Waals surface area contributed by atoms with E-state index >= 15 is 0 Å². The quantitative estimate of drug-likeness (QED) is 0.301. The molecule has 0 bridgehead atoms. The second-order valence-corrected chi connectivity index (χ2v) is 14.5. The molecule has 0 aliphatic rings. The lowest BCUT2D eigenvalue weighted by atomic mass is 9.88. The Bertz CT molecular complexity index is 1600. The zero-order chi connectivity index (χ0) is 29.3. The maximum absolute atomic E-state index is 12.7. The van der Waals surface area contributed by atoms with Gasteiger partial charge in [-0.25, -0.2) is 18.1 Å². The van der Waals surface area contributed by atoms with E-state index in [9.17, 15) is 18.0 Å². The van der Waals surface area contributed by atoms with Crippen LogP contribution < -0.4 is 10.9 Å². The van der Waals surface area contributed by atoms with E-state index in [0.29, 0.717) is 11.3 Å². The van der Waals surface area contributed by atoms with Crippen molar-refractivity contribution < 1.29 is 22.4 Å². The van der Waals surface area contributed by atoms with Gasteiger partial charge in [0, 0.05) is 27.5 Å². The van der Waals surface area contributed by atoms with Gasteiger partial charge in [-0.3, -0.25) is 20.4 Å². The van der Waals surface area contributed by atoms with Crippen molar-refractivity contribution in [2.75, 3.05) is 0 Å². The summed E-state index contributed by atoms with van der Waals surface area (Å²) in [6, 6.07) is 12.2. The largest absolute Gasteiger partial charge is 0.468 e. The minimum atomic E-state index is -3.53. The summed E-state index contributed by atoms with van der Waals surface area (Å²) in [6.45, 7) is 12.7. The summed E-state index contributed by atoms with van der Waals surface area (Å²) in [4.78, 5) is 29.3. The molecular formula is C28H33N5O5S2. The normalized spacial score (nSPS) is 12.3. The summed E-state index contributed by atoms with van der Waals surface area (Å²) in [7, 11) is -3.53. The van der Waals surface area contributed by atoms with Crippen molar-refractivity contribution in [3.8, 4) is 5.69 Å². The molecule has 10 nitrogen and oxygen atoms in total. The van der Waals surface area contributed by atoms with Crippen molar-refractivity contribution in [3.05, 3.63) is 87.5 Å². The Balaban J connectivity index is 1.38. The monoisotopic (exact) mass is 583 g/mol. The predicted molar refractivity (Wildman–Crippen MR) is 153 cm³/mol. The first-order chi connectivity index (χ1) is 18.6. The molecule has 0 fully saturated rings. The number of hydrogen-bond acceptors (Lipinski definition) is 8. The summed E-state index contributed by atoms with van der Waals surface area (Å²) in [5.41, 5.74) is 7.64. The fourth-order valence-corrected chi connectivity index (χ4v) is 6.32. The van der Waals surface area contributed by atoms with Crippen LogP contribution in [0.3, 0.4) is 0 Å². The van der Waals surface area contributed by atoms with E-state index in [1.807, 2.05) is 4.68 Å². The van der Waals surface area contributed by atoms with Crippen LogP contribution in [0.15, 0.2) is 58.5 Å². The van der Waals surface area contributed by atoms with E-state index < -0.39 is 21.7 Å². The molecule has 0 saturated heterocycles. The van der Waals surface area contributed by atoms with Crippen molar-refractivity contribution >= 4 is 33.0 Å². The Morgan fingerprint density at radius 1 is 0.950 bits per heavy atom. The molecule has 0 spiro atoms. The summed E-state index contributed by atoms with van der Waals surface area (Å²) in [6.07, 6.45) is 1.41. The number of furan rings is 1. The number of hydrogen-bond donors (Lipinski definition) is 2. The SMILES string of the molecule is CC(C)(C)c1cc(C(C)(C)C)n(-c2ccc(C(=O)NNC(=O)c3csc(CS(=O)(=O)Cc4ccco4)n3)cc2)n1. The Labute approximate surface area is 237 Å². The van der Waals surface area contributed by atoms with Crippen LogP contribution in [0.2, 0.25) is 0 Å². The van der Waals surface area contributed by atoms with E-state index in [2.05, 4.69) is 63.4 Å². The standard InChI is InChI=1S/C28H33N5O5S2/c1-27(2,3)22-14-23(28(4,5)6)33(32-22)19-11-9-18(10-12-19)25(34)30-31-26(35)21-15-39-24(29-21)17-40(36,37)16-20-8-7-13-38-20/h7-15H,16-17H2,1-6H3,(H,30,34)(H,31,35). The molecule has 4 rings (SSSR count). The van der Waals surface area contributed by atoms with Crippen LogP contribution in [-0.4, -0.2) is 35.0 Å². The number of sulfone groups is 1. The second kappa shape index (κ2) is 11.0. The Kier molecular flexibility index (Phi) is 8.04. The van der Waals surface area contributed by atoms with E-state index in [-0.39, 0.29) is 33.0 Å². The Morgan fingerprint density at radius 3 is 2.23 bits per heavy atom. The van der Waals surface area contributed by atoms with Gasteiger partial charge < -0.3 is 4.42 Å². The summed E-state index contributed by atoms with van der Waals surface area (Å²) in [5.74, 6) is -1.42. The molecule has 40 heavy (non-hydrogen) atoms. The number of carbonyl (C=O) groups is 2. The van der Waals surface area contributed by atoms with Crippen LogP contribution in [-0.2, 0) is 32.2 Å². The Morgan fingerprint density at radius 2 is 1.62 bits per heavy atom.